The van der Waals surface area contributed by atoms with Gasteiger partial charge in [-0.15, -0.1) is 5.10 Å². The molecule has 1 aliphatic rings. The van der Waals surface area contributed by atoms with Crippen molar-refractivity contribution in [2.45, 2.75) is 59.5 Å². The van der Waals surface area contributed by atoms with E-state index in [1.54, 1.807) is 26.2 Å². The molecule has 41 heavy (non-hydrogen) atoms. The van der Waals surface area contributed by atoms with Gasteiger partial charge in [-0.3, -0.25) is 20.1 Å². The van der Waals surface area contributed by atoms with Crippen LogP contribution in [0.3, 0.4) is 0 Å². The molecule has 3 heterocycles. The minimum atomic E-state index is -0.647. The zero-order valence-electron chi connectivity index (χ0n) is 24.5. The van der Waals surface area contributed by atoms with Crippen LogP contribution in [0.4, 0.5) is 4.39 Å². The van der Waals surface area contributed by atoms with Crippen molar-refractivity contribution in [2.24, 2.45) is 10.7 Å². The van der Waals surface area contributed by atoms with Crippen molar-refractivity contribution in [3.63, 3.8) is 0 Å². The summed E-state index contributed by atoms with van der Waals surface area (Å²) in [5, 5.41) is 25.2. The fourth-order valence-corrected chi connectivity index (χ4v) is 4.73. The lowest BCUT2D eigenvalue weighted by molar-refractivity contribution is 0.143. The van der Waals surface area contributed by atoms with E-state index in [-0.39, 0.29) is 36.8 Å². The van der Waals surface area contributed by atoms with Gasteiger partial charge in [0.05, 0.1) is 53.6 Å². The third-order valence-electron chi connectivity index (χ3n) is 6.58. The smallest absolute Gasteiger partial charge is 0.241 e. The van der Waals surface area contributed by atoms with E-state index in [1.165, 1.54) is 6.07 Å². The van der Waals surface area contributed by atoms with Crippen LogP contribution < -0.4 is 10.5 Å². The van der Waals surface area contributed by atoms with Gasteiger partial charge in [-0.25, -0.2) is 4.39 Å². The predicted octanol–water partition coefficient (Wildman–Crippen LogP) is 3.77. The van der Waals surface area contributed by atoms with Crippen LogP contribution in [0.2, 0.25) is 0 Å². The SMILES string of the molecule is CCN1CC(=NCC(C)O)C(=C(\N)OC(C)C)/C=C/c2[nH]nc3c(F)cc(cc23)-c2c(n[nH]c2COC)OC(C)C1. The molecule has 0 amide bonds. The first kappa shape index (κ1) is 30.2. The molecule has 2 atom stereocenters. The van der Waals surface area contributed by atoms with Crippen molar-refractivity contribution in [3.8, 4) is 17.0 Å². The van der Waals surface area contributed by atoms with Crippen LogP contribution in [-0.4, -0.2) is 87.7 Å². The number of aliphatic imine (C=N–C) groups is 1. The van der Waals surface area contributed by atoms with E-state index in [0.29, 0.717) is 64.7 Å². The highest BCUT2D eigenvalue weighted by atomic mass is 19.1. The van der Waals surface area contributed by atoms with Gasteiger partial charge in [0.15, 0.2) is 11.7 Å². The molecule has 12 heteroatoms. The lowest BCUT2D eigenvalue weighted by Gasteiger charge is -2.26. The Bertz CT molecular complexity index is 1440. The van der Waals surface area contributed by atoms with Gasteiger partial charge < -0.3 is 25.1 Å². The van der Waals surface area contributed by atoms with E-state index in [4.69, 9.17) is 24.9 Å². The first-order valence-corrected chi connectivity index (χ1v) is 13.8. The van der Waals surface area contributed by atoms with Crippen LogP contribution in [0.5, 0.6) is 5.88 Å². The first-order valence-electron chi connectivity index (χ1n) is 13.8. The highest BCUT2D eigenvalue weighted by Crippen LogP contribution is 2.36. The van der Waals surface area contributed by atoms with Crippen molar-refractivity contribution in [3.05, 3.63) is 46.9 Å². The summed E-state index contributed by atoms with van der Waals surface area (Å²) in [6.07, 6.45) is 2.47. The van der Waals surface area contributed by atoms with Crippen molar-refractivity contribution >= 4 is 22.7 Å². The molecule has 0 saturated heterocycles. The number of nitrogens with one attached hydrogen (secondary N) is 2. The molecule has 0 spiro atoms. The Balaban J connectivity index is 1.96. The first-order chi connectivity index (χ1) is 19.6. The molecule has 222 valence electrons. The fraction of sp³-hybridized carbons (Fsp3) is 0.483. The Hall–Kier alpha value is -3.74. The van der Waals surface area contributed by atoms with Gasteiger partial charge in [-0.2, -0.15) is 5.10 Å². The molecule has 1 aliphatic heterocycles. The van der Waals surface area contributed by atoms with Crippen molar-refractivity contribution in [1.82, 2.24) is 25.3 Å². The Labute approximate surface area is 239 Å². The number of aliphatic hydroxyl groups is 1. The third-order valence-corrected chi connectivity index (χ3v) is 6.58. The van der Waals surface area contributed by atoms with E-state index >= 15 is 4.39 Å². The predicted molar refractivity (Wildman–Crippen MR) is 157 cm³/mol. The van der Waals surface area contributed by atoms with Crippen LogP contribution in [0, 0.1) is 5.82 Å². The molecule has 2 unspecified atom stereocenters. The number of likely N-dealkylation sites (N-methyl/N-ethyl adjacent to an activating group) is 1. The summed E-state index contributed by atoms with van der Waals surface area (Å²) >= 11 is 0. The second-order valence-electron chi connectivity index (χ2n) is 10.5. The Kier molecular flexibility index (Phi) is 9.79. The fourth-order valence-electron chi connectivity index (χ4n) is 4.73. The lowest BCUT2D eigenvalue weighted by Crippen LogP contribution is -2.38. The number of hydrogen-bond donors (Lipinski definition) is 4. The maximum absolute atomic E-state index is 15.4. The minimum Gasteiger partial charge on any atom is -0.476 e. The molecule has 0 radical (unpaired) electrons. The summed E-state index contributed by atoms with van der Waals surface area (Å²) < 4.78 is 33.0. The number of rotatable bonds is 7. The lowest BCUT2D eigenvalue weighted by atomic mass is 10.0. The number of hydrogen-bond acceptors (Lipinski definition) is 9. The van der Waals surface area contributed by atoms with Crippen LogP contribution >= 0.6 is 0 Å². The largest absolute Gasteiger partial charge is 0.476 e. The molecule has 0 saturated carbocycles. The van der Waals surface area contributed by atoms with Crippen LogP contribution in [0.25, 0.3) is 28.1 Å². The monoisotopic (exact) mass is 569 g/mol. The van der Waals surface area contributed by atoms with Gasteiger partial charge in [0.1, 0.15) is 11.6 Å². The highest BCUT2D eigenvalue weighted by molar-refractivity contribution is 6.05. The van der Waals surface area contributed by atoms with E-state index in [9.17, 15) is 5.11 Å². The highest BCUT2D eigenvalue weighted by Gasteiger charge is 2.24. The average molecular weight is 570 g/mol. The van der Waals surface area contributed by atoms with Crippen molar-refractivity contribution in [1.29, 1.82) is 0 Å². The van der Waals surface area contributed by atoms with Gasteiger partial charge in [0.2, 0.25) is 5.88 Å². The number of aliphatic hydroxyl groups excluding tert-OH is 1. The Morgan fingerprint density at radius 2 is 2.05 bits per heavy atom. The third kappa shape index (κ3) is 7.13. The maximum Gasteiger partial charge on any atom is 0.241 e. The van der Waals surface area contributed by atoms with E-state index in [0.717, 1.165) is 0 Å². The standard InChI is InChI=1S/C29H40FN7O4/c1-7-37-13-18(5)41-29-26(25(15-39-6)34-36-29)19-10-21-23(33-35-27(21)22(30)11-19)9-8-20(28(31)40-16(2)3)24(14-37)32-12-17(4)38/h8-11,16-18,38H,7,12-15,31H2,1-6H3,(H,33,35)(H,34,36)/b9-8+,28-20+,32-24?. The molecule has 4 rings (SSSR count). The summed E-state index contributed by atoms with van der Waals surface area (Å²) in [6.45, 7) is 11.5. The number of aromatic amines is 2. The average Bonchev–Trinajstić information content (AvgIpc) is 3.49. The molecular formula is C29H40FN7O4. The molecule has 5 N–H and O–H groups in total. The van der Waals surface area contributed by atoms with E-state index in [2.05, 4.69) is 25.3 Å². The number of H-pyrrole nitrogens is 2. The normalized spacial score (nSPS) is 20.5. The topological polar surface area (TPSA) is 147 Å². The summed E-state index contributed by atoms with van der Waals surface area (Å²) in [6, 6.07) is 3.27. The quantitative estimate of drug-likeness (QED) is 0.315. The number of methoxy groups -OCH3 is 1. The second-order valence-corrected chi connectivity index (χ2v) is 10.5. The van der Waals surface area contributed by atoms with Gasteiger partial charge in [-0.1, -0.05) is 6.92 Å². The van der Waals surface area contributed by atoms with Crippen LogP contribution in [-0.2, 0) is 16.1 Å². The number of ether oxygens (including phenoxy) is 3. The molecule has 2 aromatic heterocycles. The van der Waals surface area contributed by atoms with Crippen LogP contribution in [0.1, 0.15) is 46.0 Å². The summed E-state index contributed by atoms with van der Waals surface area (Å²) in [4.78, 5) is 6.90. The summed E-state index contributed by atoms with van der Waals surface area (Å²) in [7, 11) is 1.58. The number of benzene rings is 1. The Morgan fingerprint density at radius 3 is 2.73 bits per heavy atom. The molecule has 1 aromatic carbocycles. The number of fused-ring (bicyclic) bond motifs is 3. The number of nitrogens with zero attached hydrogens (tertiary/aromatic N) is 4. The minimum absolute atomic E-state index is 0.172. The van der Waals surface area contributed by atoms with Crippen molar-refractivity contribution < 1.29 is 23.7 Å². The van der Waals surface area contributed by atoms with E-state index < -0.39 is 11.9 Å². The zero-order valence-corrected chi connectivity index (χ0v) is 24.5. The van der Waals surface area contributed by atoms with Gasteiger partial charge in [-0.05, 0) is 64.1 Å². The summed E-state index contributed by atoms with van der Waals surface area (Å²) in [5.41, 5.74) is 10.3. The molecule has 2 bridgehead atoms. The van der Waals surface area contributed by atoms with Crippen LogP contribution in [0.15, 0.2) is 34.7 Å². The van der Waals surface area contributed by atoms with Gasteiger partial charge in [0.25, 0.3) is 0 Å². The zero-order chi connectivity index (χ0) is 29.7. The number of allylic oxidation sites excluding steroid dienone is 1. The van der Waals surface area contributed by atoms with Crippen molar-refractivity contribution in [2.75, 3.05) is 33.3 Å². The second kappa shape index (κ2) is 13.3. The molecule has 11 nitrogen and oxygen atoms in total. The molecule has 0 aliphatic carbocycles. The maximum atomic E-state index is 15.4. The molecular weight excluding hydrogens is 529 g/mol. The molecule has 3 aromatic rings. The molecule has 0 fully saturated rings. The Morgan fingerprint density at radius 1 is 1.27 bits per heavy atom. The number of aromatic nitrogens is 4. The van der Waals surface area contributed by atoms with E-state index in [1.807, 2.05) is 33.8 Å². The summed E-state index contributed by atoms with van der Waals surface area (Å²) in [5.74, 6) is 0.0642. The van der Waals surface area contributed by atoms with Gasteiger partial charge in [0, 0.05) is 25.6 Å². The van der Waals surface area contributed by atoms with Gasteiger partial charge >= 0.3 is 0 Å². The number of nitrogens with two attached hydrogens (primary N) is 1. The number of halogens is 1.